The largest absolute Gasteiger partial charge is 0.449 e. The third kappa shape index (κ3) is 4.88. The molecule has 2 saturated carbocycles. The minimum Gasteiger partial charge on any atom is -0.449 e. The Bertz CT molecular complexity index is 991. The molecule has 0 saturated heterocycles. The summed E-state index contributed by atoms with van der Waals surface area (Å²) in [6.45, 7) is 5.36. The molecule has 2 aromatic rings. The van der Waals surface area contributed by atoms with Gasteiger partial charge < -0.3 is 10.1 Å². The fourth-order valence-electron chi connectivity index (χ4n) is 4.09. The van der Waals surface area contributed by atoms with Crippen molar-refractivity contribution < 1.29 is 19.1 Å². The summed E-state index contributed by atoms with van der Waals surface area (Å²) < 4.78 is 5.66. The van der Waals surface area contributed by atoms with Crippen molar-refractivity contribution in [1.82, 2.24) is 4.98 Å². The normalized spacial score (nSPS) is 17.6. The Labute approximate surface area is 196 Å². The molecule has 2 aromatic heterocycles. The first-order valence-corrected chi connectivity index (χ1v) is 12.9. The lowest BCUT2D eigenvalue weighted by Crippen LogP contribution is -2.47. The van der Waals surface area contributed by atoms with Gasteiger partial charge in [0.2, 0.25) is 5.91 Å². The maximum atomic E-state index is 13.4. The molecule has 0 aromatic carbocycles. The van der Waals surface area contributed by atoms with Gasteiger partial charge in [0.15, 0.2) is 11.2 Å². The van der Waals surface area contributed by atoms with Crippen LogP contribution in [0.1, 0.15) is 72.7 Å². The second-order valence-corrected chi connectivity index (χ2v) is 10.7. The second kappa shape index (κ2) is 9.70. The molecule has 9 heteroatoms. The zero-order valence-electron chi connectivity index (χ0n) is 18.7. The minimum absolute atomic E-state index is 0.0319. The number of aromatic nitrogens is 1. The SMILES string of the molecule is Cc1sc(NC(=O)C2CC2)c(C(=O)OC(C)C(=O)N(c2nccs2)C2CCCCC2)c1C. The number of nitrogens with zero attached hydrogens (tertiary/aromatic N) is 2. The van der Waals surface area contributed by atoms with Crippen molar-refractivity contribution in [3.63, 3.8) is 0 Å². The maximum absolute atomic E-state index is 13.4. The molecule has 1 N–H and O–H groups in total. The van der Waals surface area contributed by atoms with Crippen molar-refractivity contribution >= 4 is 50.6 Å². The van der Waals surface area contributed by atoms with Crippen LogP contribution in [0.5, 0.6) is 0 Å². The zero-order valence-corrected chi connectivity index (χ0v) is 20.3. The Morgan fingerprint density at radius 1 is 1.16 bits per heavy atom. The highest BCUT2D eigenvalue weighted by Gasteiger charge is 2.35. The summed E-state index contributed by atoms with van der Waals surface area (Å²) >= 11 is 2.79. The Morgan fingerprint density at radius 3 is 2.50 bits per heavy atom. The van der Waals surface area contributed by atoms with Crippen LogP contribution in [-0.4, -0.2) is 34.9 Å². The van der Waals surface area contributed by atoms with Gasteiger partial charge in [-0.25, -0.2) is 9.78 Å². The summed E-state index contributed by atoms with van der Waals surface area (Å²) in [5.74, 6) is -0.865. The van der Waals surface area contributed by atoms with E-state index in [0.717, 1.165) is 49.0 Å². The van der Waals surface area contributed by atoms with Crippen LogP contribution >= 0.6 is 22.7 Å². The number of rotatable bonds is 7. The van der Waals surface area contributed by atoms with Crippen molar-refractivity contribution in [2.24, 2.45) is 5.92 Å². The molecular formula is C23H29N3O4S2. The van der Waals surface area contributed by atoms with Crippen molar-refractivity contribution in [3.8, 4) is 0 Å². The fraction of sp³-hybridized carbons (Fsp3) is 0.565. The molecule has 2 amide bonds. The molecular weight excluding hydrogens is 446 g/mol. The summed E-state index contributed by atoms with van der Waals surface area (Å²) in [6, 6.07) is 0.0714. The summed E-state index contributed by atoms with van der Waals surface area (Å²) in [4.78, 5) is 45.8. The van der Waals surface area contributed by atoms with E-state index in [1.54, 1.807) is 18.0 Å². The molecule has 0 aliphatic heterocycles. The molecule has 0 spiro atoms. The lowest BCUT2D eigenvalue weighted by Gasteiger charge is -2.33. The van der Waals surface area contributed by atoms with Crippen molar-refractivity contribution in [2.75, 3.05) is 10.2 Å². The topological polar surface area (TPSA) is 88.6 Å². The van der Waals surface area contributed by atoms with E-state index in [1.807, 2.05) is 19.2 Å². The minimum atomic E-state index is -0.958. The van der Waals surface area contributed by atoms with Gasteiger partial charge in [0.05, 0.1) is 5.56 Å². The highest BCUT2D eigenvalue weighted by atomic mass is 32.1. The highest BCUT2D eigenvalue weighted by Crippen LogP contribution is 2.36. The van der Waals surface area contributed by atoms with Crippen LogP contribution in [0, 0.1) is 19.8 Å². The molecule has 1 unspecified atom stereocenters. The number of thiazole rings is 1. The number of thiophene rings is 1. The molecule has 2 aliphatic rings. The third-order valence-electron chi connectivity index (χ3n) is 6.21. The van der Waals surface area contributed by atoms with E-state index < -0.39 is 12.1 Å². The van der Waals surface area contributed by atoms with Gasteiger partial charge in [0.1, 0.15) is 5.00 Å². The Balaban J connectivity index is 1.51. The average molecular weight is 476 g/mol. The van der Waals surface area contributed by atoms with Gasteiger partial charge in [0, 0.05) is 28.4 Å². The fourth-order valence-corrected chi connectivity index (χ4v) is 5.86. The van der Waals surface area contributed by atoms with Gasteiger partial charge in [-0.2, -0.15) is 0 Å². The molecule has 1 atom stereocenters. The van der Waals surface area contributed by atoms with Gasteiger partial charge in [0.25, 0.3) is 5.91 Å². The van der Waals surface area contributed by atoms with E-state index in [4.69, 9.17) is 4.74 Å². The Hall–Kier alpha value is -2.26. The molecule has 32 heavy (non-hydrogen) atoms. The number of amides is 2. The molecule has 2 heterocycles. The van der Waals surface area contributed by atoms with Gasteiger partial charge in [-0.15, -0.1) is 22.7 Å². The van der Waals surface area contributed by atoms with E-state index in [-0.39, 0.29) is 23.8 Å². The molecule has 7 nitrogen and oxygen atoms in total. The van der Waals surface area contributed by atoms with E-state index in [1.165, 1.54) is 29.1 Å². The smallest absolute Gasteiger partial charge is 0.342 e. The molecule has 172 valence electrons. The summed E-state index contributed by atoms with van der Waals surface area (Å²) in [7, 11) is 0. The van der Waals surface area contributed by atoms with Crippen LogP contribution in [0.3, 0.4) is 0 Å². The summed E-state index contributed by atoms with van der Waals surface area (Å²) in [6.07, 6.45) is 7.66. The van der Waals surface area contributed by atoms with Crippen LogP contribution in [0.15, 0.2) is 11.6 Å². The van der Waals surface area contributed by atoms with Gasteiger partial charge in [-0.1, -0.05) is 19.3 Å². The van der Waals surface area contributed by atoms with Crippen LogP contribution in [0.2, 0.25) is 0 Å². The van der Waals surface area contributed by atoms with Crippen LogP contribution in [0.4, 0.5) is 10.1 Å². The van der Waals surface area contributed by atoms with Crippen LogP contribution < -0.4 is 10.2 Å². The van der Waals surface area contributed by atoms with E-state index in [9.17, 15) is 14.4 Å². The predicted molar refractivity (Wildman–Crippen MR) is 126 cm³/mol. The first kappa shape index (κ1) is 22.9. The van der Waals surface area contributed by atoms with Gasteiger partial charge >= 0.3 is 5.97 Å². The van der Waals surface area contributed by atoms with Gasteiger partial charge in [-0.05, 0) is 52.0 Å². The lowest BCUT2D eigenvalue weighted by atomic mass is 9.94. The Kier molecular flexibility index (Phi) is 6.95. The van der Waals surface area contributed by atoms with Gasteiger partial charge in [-0.3, -0.25) is 14.5 Å². The quantitative estimate of drug-likeness (QED) is 0.564. The summed E-state index contributed by atoms with van der Waals surface area (Å²) in [5, 5.41) is 5.89. The second-order valence-electron chi connectivity index (χ2n) is 8.61. The number of hydrogen-bond acceptors (Lipinski definition) is 7. The third-order valence-corrected chi connectivity index (χ3v) is 8.10. The maximum Gasteiger partial charge on any atom is 0.342 e. The average Bonchev–Trinajstić information content (AvgIpc) is 3.43. The number of nitrogens with one attached hydrogen (secondary N) is 1. The number of carbonyl (C=O) groups is 3. The first-order valence-electron chi connectivity index (χ1n) is 11.2. The van der Waals surface area contributed by atoms with Crippen LogP contribution in [0.25, 0.3) is 0 Å². The first-order chi connectivity index (χ1) is 15.4. The van der Waals surface area contributed by atoms with Crippen molar-refractivity contribution in [1.29, 1.82) is 0 Å². The number of hydrogen-bond donors (Lipinski definition) is 1. The number of anilines is 2. The number of ether oxygens (including phenoxy) is 1. The monoisotopic (exact) mass is 475 g/mol. The molecule has 0 radical (unpaired) electrons. The van der Waals surface area contributed by atoms with Crippen LogP contribution in [-0.2, 0) is 14.3 Å². The number of aryl methyl sites for hydroxylation is 1. The molecule has 0 bridgehead atoms. The van der Waals surface area contributed by atoms with E-state index in [2.05, 4.69) is 10.3 Å². The number of esters is 1. The van der Waals surface area contributed by atoms with Crippen molar-refractivity contribution in [3.05, 3.63) is 27.6 Å². The molecule has 4 rings (SSSR count). The molecule has 2 aliphatic carbocycles. The molecule has 2 fully saturated rings. The van der Waals surface area contributed by atoms with Crippen molar-refractivity contribution in [2.45, 2.75) is 77.9 Å². The highest BCUT2D eigenvalue weighted by molar-refractivity contribution is 7.16. The zero-order chi connectivity index (χ0) is 22.8. The van der Waals surface area contributed by atoms with E-state index in [0.29, 0.717) is 15.7 Å². The standard InChI is InChI=1S/C23H29N3O4S2/c1-13-15(3)32-20(25-19(27)16-9-10-16)18(13)22(29)30-14(2)21(28)26(23-24-11-12-31-23)17-7-5-4-6-8-17/h11-12,14,16-17H,4-10H2,1-3H3,(H,25,27). The summed E-state index contributed by atoms with van der Waals surface area (Å²) in [5.41, 5.74) is 1.12. The predicted octanol–water partition coefficient (Wildman–Crippen LogP) is 5.08. The van der Waals surface area contributed by atoms with E-state index >= 15 is 0 Å². The Morgan fingerprint density at radius 2 is 1.88 bits per heavy atom. The number of carbonyl (C=O) groups excluding carboxylic acids is 3. The lowest BCUT2D eigenvalue weighted by molar-refractivity contribution is -0.127.